The molecule has 0 saturated carbocycles. The summed E-state index contributed by atoms with van der Waals surface area (Å²) in [6.45, 7) is 7.32. The zero-order valence-electron chi connectivity index (χ0n) is 12.1. The summed E-state index contributed by atoms with van der Waals surface area (Å²) in [7, 11) is 0. The quantitative estimate of drug-likeness (QED) is 0.380. The van der Waals surface area contributed by atoms with Gasteiger partial charge in [-0.2, -0.15) is 0 Å². The van der Waals surface area contributed by atoms with E-state index in [4.69, 9.17) is 15.7 Å². The second-order valence-corrected chi connectivity index (χ2v) is 5.83. The van der Waals surface area contributed by atoms with Gasteiger partial charge < -0.3 is 15.7 Å². The van der Waals surface area contributed by atoms with Crippen molar-refractivity contribution in [2.24, 2.45) is 10.9 Å². The molecule has 0 amide bonds. The topological polar surface area (TPSA) is 71.1 Å². The number of hydrogen-bond donors (Lipinski definition) is 2. The average molecular weight is 277 g/mol. The summed E-state index contributed by atoms with van der Waals surface area (Å²) in [4.78, 5) is 2.30. The minimum absolute atomic E-state index is 0.102. The summed E-state index contributed by atoms with van der Waals surface area (Å²) in [5, 5.41) is 12.2. The Morgan fingerprint density at radius 2 is 2.15 bits per heavy atom. The van der Waals surface area contributed by atoms with Crippen molar-refractivity contribution in [3.05, 3.63) is 35.9 Å². The van der Waals surface area contributed by atoms with Crippen molar-refractivity contribution in [1.82, 2.24) is 4.90 Å². The van der Waals surface area contributed by atoms with Crippen molar-refractivity contribution in [3.63, 3.8) is 0 Å². The highest BCUT2D eigenvalue weighted by Crippen LogP contribution is 2.22. The van der Waals surface area contributed by atoms with Crippen LogP contribution in [0.4, 0.5) is 0 Å². The van der Waals surface area contributed by atoms with E-state index in [2.05, 4.69) is 23.9 Å². The lowest BCUT2D eigenvalue weighted by Gasteiger charge is -2.39. The standard InChI is InChI=1S/C15H23N3O2/c1-15(2)11-18(8-9-20-15)10-13(14(16)17-19)12-6-4-3-5-7-12/h3-7,13,19H,8-11H2,1-2H3,(H2,16,17). The Kier molecular flexibility index (Phi) is 4.62. The number of oxime groups is 1. The molecule has 0 bridgehead atoms. The van der Waals surface area contributed by atoms with Crippen molar-refractivity contribution in [3.8, 4) is 0 Å². The summed E-state index contributed by atoms with van der Waals surface area (Å²) < 4.78 is 5.72. The molecule has 1 aliphatic heterocycles. The van der Waals surface area contributed by atoms with Gasteiger partial charge in [0.25, 0.3) is 0 Å². The highest BCUT2D eigenvalue weighted by molar-refractivity contribution is 5.87. The number of morpholine rings is 1. The van der Waals surface area contributed by atoms with E-state index in [-0.39, 0.29) is 17.4 Å². The van der Waals surface area contributed by atoms with Crippen LogP contribution in [0.1, 0.15) is 25.3 Å². The molecular formula is C15H23N3O2. The Morgan fingerprint density at radius 1 is 1.45 bits per heavy atom. The largest absolute Gasteiger partial charge is 0.409 e. The van der Waals surface area contributed by atoms with Crippen LogP contribution in [0.2, 0.25) is 0 Å². The predicted octanol–water partition coefficient (Wildman–Crippen LogP) is 1.63. The number of nitrogens with two attached hydrogens (primary N) is 1. The minimum atomic E-state index is -0.148. The molecule has 0 aromatic heterocycles. The molecule has 0 radical (unpaired) electrons. The number of benzene rings is 1. The molecule has 3 N–H and O–H groups in total. The summed E-state index contributed by atoms with van der Waals surface area (Å²) >= 11 is 0. The maximum atomic E-state index is 9.02. The number of amidine groups is 1. The fraction of sp³-hybridized carbons (Fsp3) is 0.533. The van der Waals surface area contributed by atoms with Crippen molar-refractivity contribution in [2.75, 3.05) is 26.2 Å². The van der Waals surface area contributed by atoms with Crippen LogP contribution in [-0.4, -0.2) is 47.8 Å². The molecule has 1 aromatic rings. The van der Waals surface area contributed by atoms with Gasteiger partial charge in [-0.3, -0.25) is 4.90 Å². The molecule has 20 heavy (non-hydrogen) atoms. The van der Waals surface area contributed by atoms with Crippen LogP contribution in [0, 0.1) is 0 Å². The molecule has 1 atom stereocenters. The van der Waals surface area contributed by atoms with Gasteiger partial charge in [0.05, 0.1) is 18.1 Å². The fourth-order valence-electron chi connectivity index (χ4n) is 2.65. The summed E-state index contributed by atoms with van der Waals surface area (Å²) in [5.74, 6) is 0.149. The number of hydrogen-bond acceptors (Lipinski definition) is 4. The Bertz CT molecular complexity index is 459. The molecule has 0 aliphatic carbocycles. The van der Waals surface area contributed by atoms with Gasteiger partial charge in [0.1, 0.15) is 5.84 Å². The normalized spacial score (nSPS) is 21.6. The Labute approximate surface area is 120 Å². The fourth-order valence-corrected chi connectivity index (χ4v) is 2.65. The van der Waals surface area contributed by atoms with Crippen molar-refractivity contribution in [2.45, 2.75) is 25.4 Å². The summed E-state index contributed by atoms with van der Waals surface area (Å²) in [5.41, 5.74) is 6.79. The van der Waals surface area contributed by atoms with E-state index in [9.17, 15) is 0 Å². The van der Waals surface area contributed by atoms with Crippen LogP contribution in [-0.2, 0) is 4.74 Å². The van der Waals surface area contributed by atoms with Crippen molar-refractivity contribution in [1.29, 1.82) is 0 Å². The molecule has 5 heteroatoms. The predicted molar refractivity (Wildman–Crippen MR) is 79.1 cm³/mol. The summed E-state index contributed by atoms with van der Waals surface area (Å²) in [6.07, 6.45) is 0. The van der Waals surface area contributed by atoms with Crippen LogP contribution in [0.5, 0.6) is 0 Å². The highest BCUT2D eigenvalue weighted by Gasteiger charge is 2.29. The van der Waals surface area contributed by atoms with E-state index < -0.39 is 0 Å². The first kappa shape index (κ1) is 14.8. The third-order valence-corrected chi connectivity index (χ3v) is 3.62. The zero-order chi connectivity index (χ0) is 14.6. The lowest BCUT2D eigenvalue weighted by molar-refractivity contribution is -0.0860. The Morgan fingerprint density at radius 3 is 2.75 bits per heavy atom. The van der Waals surface area contributed by atoms with Gasteiger partial charge in [-0.05, 0) is 19.4 Å². The average Bonchev–Trinajstić information content (AvgIpc) is 2.44. The lowest BCUT2D eigenvalue weighted by Crippen LogP contribution is -2.50. The SMILES string of the molecule is CC1(C)CN(CC(C(N)=NO)c2ccccc2)CCO1. The minimum Gasteiger partial charge on any atom is -0.409 e. The van der Waals surface area contributed by atoms with Gasteiger partial charge in [-0.1, -0.05) is 35.5 Å². The van der Waals surface area contributed by atoms with E-state index in [0.717, 1.165) is 25.2 Å². The van der Waals surface area contributed by atoms with Crippen LogP contribution in [0.15, 0.2) is 35.5 Å². The van der Waals surface area contributed by atoms with Crippen LogP contribution >= 0.6 is 0 Å². The molecule has 1 unspecified atom stereocenters. The van der Waals surface area contributed by atoms with Gasteiger partial charge >= 0.3 is 0 Å². The second-order valence-electron chi connectivity index (χ2n) is 5.83. The first-order valence-electron chi connectivity index (χ1n) is 6.90. The maximum absolute atomic E-state index is 9.02. The molecule has 110 valence electrons. The van der Waals surface area contributed by atoms with Crippen LogP contribution in [0.3, 0.4) is 0 Å². The second kappa shape index (κ2) is 6.24. The lowest BCUT2D eigenvalue weighted by atomic mass is 9.96. The van der Waals surface area contributed by atoms with Gasteiger partial charge in [-0.15, -0.1) is 0 Å². The third-order valence-electron chi connectivity index (χ3n) is 3.62. The first-order valence-corrected chi connectivity index (χ1v) is 6.90. The highest BCUT2D eigenvalue weighted by atomic mass is 16.5. The molecule has 1 saturated heterocycles. The first-order chi connectivity index (χ1) is 9.52. The smallest absolute Gasteiger partial charge is 0.147 e. The molecule has 1 aliphatic rings. The van der Waals surface area contributed by atoms with Gasteiger partial charge in [0.15, 0.2) is 0 Å². The van der Waals surface area contributed by atoms with E-state index >= 15 is 0 Å². The van der Waals surface area contributed by atoms with Gasteiger partial charge in [0, 0.05) is 19.6 Å². The molecule has 1 aromatic carbocycles. The molecule has 1 fully saturated rings. The Balaban J connectivity index is 2.13. The maximum Gasteiger partial charge on any atom is 0.147 e. The van der Waals surface area contributed by atoms with E-state index in [1.54, 1.807) is 0 Å². The number of rotatable bonds is 4. The van der Waals surface area contributed by atoms with E-state index in [1.807, 2.05) is 30.3 Å². The van der Waals surface area contributed by atoms with E-state index in [0.29, 0.717) is 6.61 Å². The Hall–Kier alpha value is -1.59. The number of nitrogens with zero attached hydrogens (tertiary/aromatic N) is 2. The van der Waals surface area contributed by atoms with E-state index in [1.165, 1.54) is 0 Å². The van der Waals surface area contributed by atoms with Crippen molar-refractivity contribution >= 4 is 5.84 Å². The molecule has 1 heterocycles. The van der Waals surface area contributed by atoms with Gasteiger partial charge in [-0.25, -0.2) is 0 Å². The molecular weight excluding hydrogens is 254 g/mol. The van der Waals surface area contributed by atoms with Gasteiger partial charge in [0.2, 0.25) is 0 Å². The molecule has 5 nitrogen and oxygen atoms in total. The number of ether oxygens (including phenoxy) is 1. The monoisotopic (exact) mass is 277 g/mol. The van der Waals surface area contributed by atoms with Crippen LogP contribution in [0.25, 0.3) is 0 Å². The summed E-state index contributed by atoms with van der Waals surface area (Å²) in [6, 6.07) is 9.92. The van der Waals surface area contributed by atoms with Crippen molar-refractivity contribution < 1.29 is 9.94 Å². The third kappa shape index (κ3) is 3.71. The van der Waals surface area contributed by atoms with Crippen LogP contribution < -0.4 is 5.73 Å². The zero-order valence-corrected chi connectivity index (χ0v) is 12.1. The molecule has 0 spiro atoms. The molecule has 2 rings (SSSR count).